The van der Waals surface area contributed by atoms with E-state index in [4.69, 9.17) is 0 Å². The van der Waals surface area contributed by atoms with Gasteiger partial charge in [0.1, 0.15) is 5.82 Å². The third-order valence-corrected chi connectivity index (χ3v) is 3.34. The van der Waals surface area contributed by atoms with Crippen LogP contribution in [0.3, 0.4) is 0 Å². The van der Waals surface area contributed by atoms with Crippen molar-refractivity contribution in [1.82, 2.24) is 9.88 Å². The number of anilines is 1. The summed E-state index contributed by atoms with van der Waals surface area (Å²) in [6, 6.07) is 3.82. The van der Waals surface area contributed by atoms with Crippen molar-refractivity contribution < 1.29 is 13.2 Å². The molecule has 3 nitrogen and oxygen atoms in total. The van der Waals surface area contributed by atoms with Gasteiger partial charge < -0.3 is 5.32 Å². The van der Waals surface area contributed by atoms with Crippen molar-refractivity contribution in [2.75, 3.05) is 31.5 Å². The number of pyridine rings is 1. The van der Waals surface area contributed by atoms with Gasteiger partial charge in [-0.1, -0.05) is 6.07 Å². The first-order chi connectivity index (χ1) is 8.94. The minimum Gasteiger partial charge on any atom is -0.370 e. The van der Waals surface area contributed by atoms with Crippen molar-refractivity contribution >= 4 is 5.82 Å². The molecule has 1 fully saturated rings. The molecule has 0 aliphatic carbocycles. The molecule has 19 heavy (non-hydrogen) atoms. The van der Waals surface area contributed by atoms with E-state index in [-0.39, 0.29) is 5.92 Å². The predicted octanol–water partition coefficient (Wildman–Crippen LogP) is 2.69. The molecule has 1 aliphatic heterocycles. The Kier molecular flexibility index (Phi) is 4.29. The maximum absolute atomic E-state index is 12.3. The molecule has 0 radical (unpaired) electrons. The maximum atomic E-state index is 12.3. The predicted molar refractivity (Wildman–Crippen MR) is 68.1 cm³/mol. The first-order valence-electron chi connectivity index (χ1n) is 6.38. The average Bonchev–Trinajstić information content (AvgIpc) is 2.73. The van der Waals surface area contributed by atoms with Crippen molar-refractivity contribution in [2.45, 2.75) is 19.5 Å². The van der Waals surface area contributed by atoms with Crippen LogP contribution in [-0.4, -0.2) is 42.2 Å². The molecule has 2 rings (SSSR count). The Morgan fingerprint density at radius 3 is 2.95 bits per heavy atom. The highest BCUT2D eigenvalue weighted by Gasteiger charge is 2.34. The van der Waals surface area contributed by atoms with Crippen LogP contribution in [0.15, 0.2) is 18.3 Å². The topological polar surface area (TPSA) is 28.2 Å². The van der Waals surface area contributed by atoms with Crippen LogP contribution in [0.1, 0.15) is 12.0 Å². The molecule has 1 aliphatic rings. The third-order valence-electron chi connectivity index (χ3n) is 3.34. The molecular formula is C13H18F3N3. The van der Waals surface area contributed by atoms with Gasteiger partial charge in [-0.3, -0.25) is 4.90 Å². The number of alkyl halides is 3. The molecule has 0 spiro atoms. The second-order valence-electron chi connectivity index (χ2n) is 5.05. The Bertz CT molecular complexity index is 420. The standard InChI is InChI=1S/C13H18F3N3/c1-10-3-2-5-17-12(10)18-7-11-4-6-19(8-11)9-13(14,15)16/h2-3,5,11H,4,6-9H2,1H3,(H,17,18). The summed E-state index contributed by atoms with van der Waals surface area (Å²) in [6.45, 7) is 2.85. The fraction of sp³-hybridized carbons (Fsp3) is 0.615. The van der Waals surface area contributed by atoms with Gasteiger partial charge in [0.05, 0.1) is 6.54 Å². The van der Waals surface area contributed by atoms with Crippen LogP contribution in [0.25, 0.3) is 0 Å². The normalized spacial score (nSPS) is 20.7. The summed E-state index contributed by atoms with van der Waals surface area (Å²) in [7, 11) is 0. The van der Waals surface area contributed by atoms with E-state index in [1.54, 1.807) is 6.20 Å². The Labute approximate surface area is 110 Å². The number of likely N-dealkylation sites (tertiary alicyclic amines) is 1. The number of nitrogens with one attached hydrogen (secondary N) is 1. The van der Waals surface area contributed by atoms with Crippen LogP contribution in [-0.2, 0) is 0 Å². The summed E-state index contributed by atoms with van der Waals surface area (Å²) in [5, 5.41) is 3.22. The van der Waals surface area contributed by atoms with Crippen LogP contribution in [0, 0.1) is 12.8 Å². The van der Waals surface area contributed by atoms with Gasteiger partial charge >= 0.3 is 6.18 Å². The monoisotopic (exact) mass is 273 g/mol. The molecule has 1 aromatic heterocycles. The summed E-state index contributed by atoms with van der Waals surface area (Å²) >= 11 is 0. The SMILES string of the molecule is Cc1cccnc1NCC1CCN(CC(F)(F)F)C1. The van der Waals surface area contributed by atoms with Gasteiger partial charge in [0.25, 0.3) is 0 Å². The van der Waals surface area contributed by atoms with Gasteiger partial charge in [-0.05, 0) is 37.4 Å². The summed E-state index contributed by atoms with van der Waals surface area (Å²) in [5.74, 6) is 1.07. The summed E-state index contributed by atoms with van der Waals surface area (Å²) in [4.78, 5) is 5.68. The highest BCUT2D eigenvalue weighted by Crippen LogP contribution is 2.23. The van der Waals surface area contributed by atoms with Crippen molar-refractivity contribution in [3.8, 4) is 0 Å². The van der Waals surface area contributed by atoms with E-state index in [2.05, 4.69) is 10.3 Å². The molecule has 1 N–H and O–H groups in total. The molecule has 0 amide bonds. The molecule has 0 bridgehead atoms. The van der Waals surface area contributed by atoms with Gasteiger partial charge in [-0.15, -0.1) is 0 Å². The molecule has 1 atom stereocenters. The average molecular weight is 273 g/mol. The van der Waals surface area contributed by atoms with Crippen LogP contribution in [0.5, 0.6) is 0 Å². The molecule has 0 aromatic carbocycles. The van der Waals surface area contributed by atoms with Gasteiger partial charge in [0.2, 0.25) is 0 Å². The smallest absolute Gasteiger partial charge is 0.370 e. The molecule has 1 unspecified atom stereocenters. The lowest BCUT2D eigenvalue weighted by Gasteiger charge is -2.18. The third kappa shape index (κ3) is 4.38. The van der Waals surface area contributed by atoms with Gasteiger partial charge in [0.15, 0.2) is 0 Å². The van der Waals surface area contributed by atoms with Crippen molar-refractivity contribution in [2.24, 2.45) is 5.92 Å². The fourth-order valence-electron chi connectivity index (χ4n) is 2.39. The van der Waals surface area contributed by atoms with Crippen LogP contribution < -0.4 is 5.32 Å². The van der Waals surface area contributed by atoms with E-state index >= 15 is 0 Å². The largest absolute Gasteiger partial charge is 0.401 e. The van der Waals surface area contributed by atoms with Crippen molar-refractivity contribution in [1.29, 1.82) is 0 Å². The highest BCUT2D eigenvalue weighted by atomic mass is 19.4. The minimum atomic E-state index is -4.10. The molecule has 2 heterocycles. The van der Waals surface area contributed by atoms with E-state index in [1.807, 2.05) is 19.1 Å². The lowest BCUT2D eigenvalue weighted by molar-refractivity contribution is -0.143. The number of aryl methyl sites for hydroxylation is 1. The molecule has 106 valence electrons. The quantitative estimate of drug-likeness (QED) is 0.914. The van der Waals surface area contributed by atoms with E-state index in [9.17, 15) is 13.2 Å². The summed E-state index contributed by atoms with van der Waals surface area (Å²) in [6.07, 6.45) is -1.59. The van der Waals surface area contributed by atoms with Gasteiger partial charge in [-0.25, -0.2) is 4.98 Å². The lowest BCUT2D eigenvalue weighted by atomic mass is 10.1. The zero-order chi connectivity index (χ0) is 13.9. The van der Waals surface area contributed by atoms with E-state index < -0.39 is 12.7 Å². The van der Waals surface area contributed by atoms with Gasteiger partial charge in [0, 0.05) is 19.3 Å². The second kappa shape index (κ2) is 5.77. The van der Waals surface area contributed by atoms with Crippen molar-refractivity contribution in [3.05, 3.63) is 23.9 Å². The second-order valence-corrected chi connectivity index (χ2v) is 5.05. The van der Waals surface area contributed by atoms with Gasteiger partial charge in [-0.2, -0.15) is 13.2 Å². The molecule has 1 aromatic rings. The number of nitrogens with zero attached hydrogens (tertiary/aromatic N) is 2. The van der Waals surface area contributed by atoms with Crippen LogP contribution >= 0.6 is 0 Å². The lowest BCUT2D eigenvalue weighted by Crippen LogP contribution is -2.33. The number of hydrogen-bond donors (Lipinski definition) is 1. The maximum Gasteiger partial charge on any atom is 0.401 e. The minimum absolute atomic E-state index is 0.253. The fourth-order valence-corrected chi connectivity index (χ4v) is 2.39. The summed E-state index contributed by atoms with van der Waals surface area (Å²) < 4.78 is 36.8. The Morgan fingerprint density at radius 1 is 1.47 bits per heavy atom. The first-order valence-corrected chi connectivity index (χ1v) is 6.38. The molecule has 1 saturated heterocycles. The highest BCUT2D eigenvalue weighted by molar-refractivity contribution is 5.42. The zero-order valence-electron chi connectivity index (χ0n) is 10.9. The van der Waals surface area contributed by atoms with E-state index in [0.29, 0.717) is 19.6 Å². The van der Waals surface area contributed by atoms with Crippen molar-refractivity contribution in [3.63, 3.8) is 0 Å². The molecular weight excluding hydrogens is 255 g/mol. The molecule has 6 heteroatoms. The van der Waals surface area contributed by atoms with Crippen LogP contribution in [0.4, 0.5) is 19.0 Å². The number of rotatable bonds is 4. The first kappa shape index (κ1) is 14.1. The Hall–Kier alpha value is -1.30. The molecule has 0 saturated carbocycles. The zero-order valence-corrected chi connectivity index (χ0v) is 10.9. The number of halogens is 3. The summed E-state index contributed by atoms with van der Waals surface area (Å²) in [5.41, 5.74) is 1.05. The number of hydrogen-bond acceptors (Lipinski definition) is 3. The van der Waals surface area contributed by atoms with E-state index in [1.165, 1.54) is 4.90 Å². The van der Waals surface area contributed by atoms with Crippen LogP contribution in [0.2, 0.25) is 0 Å². The number of aromatic nitrogens is 1. The Balaban J connectivity index is 1.78. The van der Waals surface area contributed by atoms with E-state index in [0.717, 1.165) is 17.8 Å². The Morgan fingerprint density at radius 2 is 2.26 bits per heavy atom.